The number of esters is 1. The van der Waals surface area contributed by atoms with Crippen molar-refractivity contribution in [2.45, 2.75) is 0 Å². The molecule has 0 bridgehead atoms. The van der Waals surface area contributed by atoms with Gasteiger partial charge in [-0.25, -0.2) is 14.8 Å². The van der Waals surface area contributed by atoms with Crippen LogP contribution in [0.1, 0.15) is 9.67 Å². The summed E-state index contributed by atoms with van der Waals surface area (Å²) < 4.78 is 4.77. The Morgan fingerprint density at radius 1 is 1.17 bits per heavy atom. The van der Waals surface area contributed by atoms with Crippen LogP contribution < -0.4 is 9.80 Å². The first kappa shape index (κ1) is 14.9. The molecule has 1 aliphatic heterocycles. The molecule has 24 heavy (non-hydrogen) atoms. The van der Waals surface area contributed by atoms with Crippen LogP contribution in [0.15, 0.2) is 30.7 Å². The molecule has 0 atom stereocenters. The maximum atomic E-state index is 11.6. The Kier molecular flexibility index (Phi) is 3.81. The minimum atomic E-state index is -0.277. The van der Waals surface area contributed by atoms with Gasteiger partial charge in [0.15, 0.2) is 0 Å². The van der Waals surface area contributed by atoms with Crippen LogP contribution in [0.2, 0.25) is 0 Å². The molecule has 0 radical (unpaired) electrons. The number of thiophene rings is 1. The highest BCUT2D eigenvalue weighted by molar-refractivity contribution is 7.17. The number of hydrogen-bond donors (Lipinski definition) is 1. The van der Waals surface area contributed by atoms with Crippen LogP contribution in [-0.2, 0) is 4.74 Å². The van der Waals surface area contributed by atoms with E-state index < -0.39 is 0 Å². The van der Waals surface area contributed by atoms with Gasteiger partial charge in [-0.05, 0) is 18.2 Å². The monoisotopic (exact) mass is 343 g/mol. The molecule has 1 fully saturated rings. The van der Waals surface area contributed by atoms with Crippen LogP contribution in [0.5, 0.6) is 0 Å². The third-order valence-electron chi connectivity index (χ3n) is 4.20. The number of rotatable bonds is 3. The number of aromatic amines is 1. The van der Waals surface area contributed by atoms with E-state index in [0.29, 0.717) is 4.88 Å². The van der Waals surface area contributed by atoms with Crippen molar-refractivity contribution < 1.29 is 9.53 Å². The summed E-state index contributed by atoms with van der Waals surface area (Å²) in [7, 11) is 1.41. The van der Waals surface area contributed by atoms with Crippen LogP contribution in [-0.4, -0.2) is 54.2 Å². The number of nitrogens with zero attached hydrogens (tertiary/aromatic N) is 4. The smallest absolute Gasteiger partial charge is 0.348 e. The van der Waals surface area contributed by atoms with Crippen molar-refractivity contribution in [1.82, 2.24) is 15.0 Å². The number of nitrogens with one attached hydrogen (secondary N) is 1. The zero-order valence-corrected chi connectivity index (χ0v) is 14.0. The van der Waals surface area contributed by atoms with E-state index in [-0.39, 0.29) is 5.97 Å². The molecule has 1 saturated heterocycles. The van der Waals surface area contributed by atoms with Gasteiger partial charge in [-0.3, -0.25) is 0 Å². The standard InChI is InChI=1S/C16H17N5O2S/c1-23-16(22)12-2-3-13(24-12)20-6-8-21(9-7-20)15-11-4-5-17-14(11)18-10-19-15/h2-5,10H,6-9H2,1H3,(H,17,18,19). The van der Waals surface area contributed by atoms with E-state index in [1.807, 2.05) is 24.4 Å². The third-order valence-corrected chi connectivity index (χ3v) is 5.33. The van der Waals surface area contributed by atoms with Crippen molar-refractivity contribution in [3.8, 4) is 0 Å². The lowest BCUT2D eigenvalue weighted by atomic mass is 10.3. The summed E-state index contributed by atoms with van der Waals surface area (Å²) in [6, 6.07) is 5.83. The SMILES string of the molecule is COC(=O)c1ccc(N2CCN(c3ncnc4[nH]ccc34)CC2)s1. The average Bonchev–Trinajstić information content (AvgIpc) is 3.30. The number of carbonyl (C=O) groups excluding carboxylic acids is 1. The zero-order valence-electron chi connectivity index (χ0n) is 13.2. The van der Waals surface area contributed by atoms with Crippen LogP contribution >= 0.6 is 11.3 Å². The number of carbonyl (C=O) groups is 1. The van der Waals surface area contributed by atoms with Gasteiger partial charge in [0.05, 0.1) is 17.5 Å². The molecule has 0 amide bonds. The van der Waals surface area contributed by atoms with Gasteiger partial charge in [-0.1, -0.05) is 0 Å². The summed E-state index contributed by atoms with van der Waals surface area (Å²) in [4.78, 5) is 28.6. The number of anilines is 2. The highest BCUT2D eigenvalue weighted by atomic mass is 32.1. The molecular formula is C16H17N5O2S. The van der Waals surface area contributed by atoms with Gasteiger partial charge in [0, 0.05) is 32.4 Å². The Morgan fingerprint density at radius 2 is 1.96 bits per heavy atom. The zero-order chi connectivity index (χ0) is 16.5. The van der Waals surface area contributed by atoms with Crippen LogP contribution in [0.25, 0.3) is 11.0 Å². The fourth-order valence-corrected chi connectivity index (χ4v) is 3.93. The lowest BCUT2D eigenvalue weighted by Crippen LogP contribution is -2.46. The van der Waals surface area contributed by atoms with E-state index in [9.17, 15) is 4.79 Å². The summed E-state index contributed by atoms with van der Waals surface area (Å²) in [5, 5.41) is 2.15. The van der Waals surface area contributed by atoms with Gasteiger partial charge in [0.1, 0.15) is 22.7 Å². The number of piperazine rings is 1. The molecule has 0 unspecified atom stereocenters. The van der Waals surface area contributed by atoms with E-state index in [2.05, 4.69) is 24.8 Å². The van der Waals surface area contributed by atoms with Crippen molar-refractivity contribution >= 4 is 39.2 Å². The predicted molar refractivity (Wildman–Crippen MR) is 94.0 cm³/mol. The van der Waals surface area contributed by atoms with Crippen LogP contribution in [0.3, 0.4) is 0 Å². The van der Waals surface area contributed by atoms with Crippen LogP contribution in [0, 0.1) is 0 Å². The highest BCUT2D eigenvalue weighted by Gasteiger charge is 2.22. The van der Waals surface area contributed by atoms with E-state index in [1.165, 1.54) is 18.4 Å². The molecule has 1 N–H and O–H groups in total. The normalized spacial score (nSPS) is 15.0. The van der Waals surface area contributed by atoms with Crippen molar-refractivity contribution in [2.75, 3.05) is 43.1 Å². The number of ether oxygens (including phenoxy) is 1. The van der Waals surface area contributed by atoms with Gasteiger partial charge in [-0.15, -0.1) is 11.3 Å². The molecule has 1 aliphatic rings. The highest BCUT2D eigenvalue weighted by Crippen LogP contribution is 2.29. The Bertz CT molecular complexity index is 866. The molecule has 3 aromatic heterocycles. The predicted octanol–water partition coefficient (Wildman–Crippen LogP) is 2.13. The third kappa shape index (κ3) is 2.58. The first-order valence-corrected chi connectivity index (χ1v) is 8.54. The molecular weight excluding hydrogens is 326 g/mol. The quantitative estimate of drug-likeness (QED) is 0.735. The van der Waals surface area contributed by atoms with Gasteiger partial charge in [-0.2, -0.15) is 0 Å². The molecule has 0 saturated carbocycles. The molecule has 4 rings (SSSR count). The molecule has 0 spiro atoms. The van der Waals surface area contributed by atoms with Gasteiger partial charge in [0.2, 0.25) is 0 Å². The molecule has 124 valence electrons. The van der Waals surface area contributed by atoms with Gasteiger partial charge < -0.3 is 19.5 Å². The number of fused-ring (bicyclic) bond motifs is 1. The number of methoxy groups -OCH3 is 1. The lowest BCUT2D eigenvalue weighted by molar-refractivity contribution is 0.0606. The summed E-state index contributed by atoms with van der Waals surface area (Å²) >= 11 is 1.48. The fraction of sp³-hybridized carbons (Fsp3) is 0.312. The van der Waals surface area contributed by atoms with Crippen molar-refractivity contribution in [3.05, 3.63) is 35.6 Å². The Hall–Kier alpha value is -2.61. The average molecular weight is 343 g/mol. The van der Waals surface area contributed by atoms with Crippen LogP contribution in [0.4, 0.5) is 10.8 Å². The summed E-state index contributed by atoms with van der Waals surface area (Å²) in [5.74, 6) is 0.697. The first-order valence-electron chi connectivity index (χ1n) is 7.72. The second kappa shape index (κ2) is 6.12. The Balaban J connectivity index is 1.48. The van der Waals surface area contributed by atoms with E-state index >= 15 is 0 Å². The largest absolute Gasteiger partial charge is 0.465 e. The molecule has 8 heteroatoms. The molecule has 4 heterocycles. The van der Waals surface area contributed by atoms with Gasteiger partial charge >= 0.3 is 5.97 Å². The maximum absolute atomic E-state index is 11.6. The number of H-pyrrole nitrogens is 1. The summed E-state index contributed by atoms with van der Waals surface area (Å²) in [6.45, 7) is 3.53. The van der Waals surface area contributed by atoms with E-state index in [1.54, 1.807) is 6.33 Å². The van der Waals surface area contributed by atoms with Crippen molar-refractivity contribution in [3.63, 3.8) is 0 Å². The topological polar surface area (TPSA) is 74.3 Å². The van der Waals surface area contributed by atoms with Crippen molar-refractivity contribution in [2.24, 2.45) is 0 Å². The maximum Gasteiger partial charge on any atom is 0.348 e. The second-order valence-electron chi connectivity index (χ2n) is 5.54. The first-order chi connectivity index (χ1) is 11.8. The lowest BCUT2D eigenvalue weighted by Gasteiger charge is -2.36. The van der Waals surface area contributed by atoms with Crippen molar-refractivity contribution in [1.29, 1.82) is 0 Å². The van der Waals surface area contributed by atoms with Gasteiger partial charge in [0.25, 0.3) is 0 Å². The molecule has 0 aliphatic carbocycles. The molecule has 7 nitrogen and oxygen atoms in total. The second-order valence-corrected chi connectivity index (χ2v) is 6.60. The number of hydrogen-bond acceptors (Lipinski definition) is 7. The van der Waals surface area contributed by atoms with E-state index in [4.69, 9.17) is 4.74 Å². The fourth-order valence-electron chi connectivity index (χ4n) is 2.96. The minimum absolute atomic E-state index is 0.277. The Labute approximate surface area is 142 Å². The van der Waals surface area contributed by atoms with E-state index in [0.717, 1.165) is 48.0 Å². The number of aromatic nitrogens is 3. The summed E-state index contributed by atoms with van der Waals surface area (Å²) in [6.07, 6.45) is 3.49. The summed E-state index contributed by atoms with van der Waals surface area (Å²) in [5.41, 5.74) is 0.864. The Morgan fingerprint density at radius 3 is 2.75 bits per heavy atom. The molecule has 3 aromatic rings. The molecule has 0 aromatic carbocycles. The minimum Gasteiger partial charge on any atom is -0.465 e.